The van der Waals surface area contributed by atoms with E-state index in [2.05, 4.69) is 118 Å². The van der Waals surface area contributed by atoms with Crippen molar-refractivity contribution < 1.29 is 73.8 Å². The van der Waals surface area contributed by atoms with E-state index in [4.69, 9.17) is 24.1 Å². The second-order valence-corrected chi connectivity index (χ2v) is 32.3. The lowest BCUT2D eigenvalue weighted by atomic mass is 9.73. The van der Waals surface area contributed by atoms with Gasteiger partial charge in [0.1, 0.15) is 44.3 Å². The van der Waals surface area contributed by atoms with Gasteiger partial charge in [-0.2, -0.15) is 5.26 Å². The highest BCUT2D eigenvalue weighted by Crippen LogP contribution is 2.62. The van der Waals surface area contributed by atoms with E-state index in [-0.39, 0.29) is 69.4 Å². The number of esters is 4. The molecule has 6 atom stereocenters. The number of fused-ring (bicyclic) bond motifs is 1. The first-order valence-corrected chi connectivity index (χ1v) is 37.5. The number of carbonyl (C=O) groups excluding carboxylic acids is 4. The number of nitrogens with zero attached hydrogens (tertiary/aromatic N) is 1. The second-order valence-electron chi connectivity index (χ2n) is 28.9. The van der Waals surface area contributed by atoms with Crippen LogP contribution in [0.5, 0.6) is 11.5 Å². The Morgan fingerprint density at radius 1 is 0.650 bits per heavy atom. The van der Waals surface area contributed by atoms with Crippen molar-refractivity contribution in [3.63, 3.8) is 0 Å². The number of carbonyl (C=O) groups is 4. The first-order valence-electron chi connectivity index (χ1n) is 34.9. The van der Waals surface area contributed by atoms with Gasteiger partial charge in [0, 0.05) is 22.8 Å². The number of nitriles is 1. The zero-order valence-corrected chi connectivity index (χ0v) is 62.3. The van der Waals surface area contributed by atoms with Gasteiger partial charge in [0.05, 0.1) is 33.2 Å². The SMILES string of the molecule is CCC(C)(C)C(=O)OC(CC)(CC)C1CCCCC1.CCC(C)(C)C(=O)OC1C2CC3C1OC(=O)C3(C#N)C2.CCC(C)(C)C(=O)Oc1ccc(O)cc1.CCC(C)c1ccc(C(C)(C)c2c(F)c(F)c(S(=O)(=O)[O-])c(F)c2F)cc1.c1ccc([S+](c2ccccc2)c2ccccc2)cc1. The van der Waals surface area contributed by atoms with E-state index in [0.29, 0.717) is 30.1 Å². The number of hydrogen-bond acceptors (Lipinski definition) is 13. The lowest BCUT2D eigenvalue weighted by Crippen LogP contribution is -2.45. The molecular formula is C81H101F4NO12S2. The monoisotopic (exact) mass is 1420 g/mol. The summed E-state index contributed by atoms with van der Waals surface area (Å²) in [4.78, 5) is 50.2. The molecule has 0 amide bonds. The van der Waals surface area contributed by atoms with Crippen molar-refractivity contribution in [2.75, 3.05) is 0 Å². The van der Waals surface area contributed by atoms with Gasteiger partial charge in [-0.15, -0.1) is 0 Å². The highest BCUT2D eigenvalue weighted by molar-refractivity contribution is 7.97. The average Bonchev–Trinajstić information content (AvgIpc) is 1.53. The second kappa shape index (κ2) is 34.4. The van der Waals surface area contributed by atoms with Gasteiger partial charge in [-0.05, 0) is 189 Å². The molecule has 6 aromatic rings. The maximum absolute atomic E-state index is 14.5. The quantitative estimate of drug-likeness (QED) is 0.0144. The molecule has 4 fully saturated rings. The summed E-state index contributed by atoms with van der Waals surface area (Å²) in [6.07, 6.45) is 11.8. The van der Waals surface area contributed by atoms with Crippen molar-refractivity contribution in [3.8, 4) is 17.6 Å². The highest BCUT2D eigenvalue weighted by Gasteiger charge is 2.72. The largest absolute Gasteiger partial charge is 0.744 e. The molecule has 1 heterocycles. The molecule has 2 bridgehead atoms. The number of benzene rings is 6. The Labute approximate surface area is 593 Å². The maximum atomic E-state index is 14.5. The van der Waals surface area contributed by atoms with Gasteiger partial charge in [-0.25, -0.2) is 26.0 Å². The van der Waals surface area contributed by atoms with Crippen LogP contribution in [0.2, 0.25) is 0 Å². The van der Waals surface area contributed by atoms with Gasteiger partial charge in [-0.1, -0.05) is 160 Å². The van der Waals surface area contributed by atoms with E-state index in [0.717, 1.165) is 44.1 Å². The molecule has 3 saturated carbocycles. The van der Waals surface area contributed by atoms with Gasteiger partial charge >= 0.3 is 23.9 Å². The average molecular weight is 1420 g/mol. The summed E-state index contributed by atoms with van der Waals surface area (Å²) in [5.74, 6) is -7.78. The molecule has 0 spiro atoms. The van der Waals surface area contributed by atoms with Crippen LogP contribution >= 0.6 is 0 Å². The number of phenolic OH excluding ortho intramolecular Hbond substituents is 1. The zero-order chi connectivity index (χ0) is 74.3. The normalized spacial score (nSPS) is 19.1. The molecule has 6 aromatic carbocycles. The molecule has 19 heteroatoms. The van der Waals surface area contributed by atoms with E-state index in [9.17, 15) is 55.0 Å². The van der Waals surface area contributed by atoms with Crippen LogP contribution in [0.25, 0.3) is 0 Å². The molecule has 1 saturated heterocycles. The van der Waals surface area contributed by atoms with Crippen molar-refractivity contribution in [1.82, 2.24) is 0 Å². The minimum absolute atomic E-state index is 0.00993. The smallest absolute Gasteiger partial charge is 0.327 e. The fraction of sp³-hybridized carbons (Fsp3) is 0.494. The topological polar surface area (TPSA) is 206 Å². The Hall–Kier alpha value is -7.53. The lowest BCUT2D eigenvalue weighted by molar-refractivity contribution is -0.180. The molecule has 0 radical (unpaired) electrons. The minimum atomic E-state index is -5.73. The first-order chi connectivity index (χ1) is 47.0. The lowest BCUT2D eigenvalue weighted by Gasteiger charge is -2.42. The summed E-state index contributed by atoms with van der Waals surface area (Å²) in [6, 6.07) is 47.1. The summed E-state index contributed by atoms with van der Waals surface area (Å²) in [5, 5.41) is 18.4. The van der Waals surface area contributed by atoms with Gasteiger partial charge in [0.2, 0.25) is 0 Å². The van der Waals surface area contributed by atoms with Gasteiger partial charge in [0.25, 0.3) is 0 Å². The zero-order valence-electron chi connectivity index (χ0n) is 60.6. The van der Waals surface area contributed by atoms with Crippen molar-refractivity contribution in [2.24, 2.45) is 39.4 Å². The van der Waals surface area contributed by atoms with Crippen LogP contribution in [-0.4, -0.2) is 59.8 Å². The third kappa shape index (κ3) is 18.8. The van der Waals surface area contributed by atoms with Crippen LogP contribution in [0.15, 0.2) is 159 Å². The molecule has 1 N–H and O–H groups in total. The summed E-state index contributed by atoms with van der Waals surface area (Å²) in [5.41, 5.74) is -3.72. The number of rotatable bonds is 20. The number of ether oxygens (including phenoxy) is 4. The van der Waals surface area contributed by atoms with E-state index in [1.54, 1.807) is 36.4 Å². The predicted molar refractivity (Wildman–Crippen MR) is 379 cm³/mol. The first kappa shape index (κ1) is 81.4. The molecule has 542 valence electrons. The number of aromatic hydroxyl groups is 1. The Morgan fingerprint density at radius 2 is 1.10 bits per heavy atom. The van der Waals surface area contributed by atoms with Gasteiger partial charge < -0.3 is 28.6 Å². The predicted octanol–water partition coefficient (Wildman–Crippen LogP) is 19.4. The number of hydrogen-bond donors (Lipinski definition) is 1. The third-order valence-corrected chi connectivity index (χ3v) is 24.1. The Bertz CT molecular complexity index is 3750. The summed E-state index contributed by atoms with van der Waals surface area (Å²) in [6.45, 7) is 28.4. The molecule has 13 nitrogen and oxygen atoms in total. The summed E-state index contributed by atoms with van der Waals surface area (Å²) in [7, 11) is -5.75. The van der Waals surface area contributed by atoms with E-state index in [1.807, 2.05) is 69.2 Å². The third-order valence-electron chi connectivity index (χ3n) is 21.1. The van der Waals surface area contributed by atoms with Crippen molar-refractivity contribution >= 4 is 44.9 Å². The van der Waals surface area contributed by atoms with Crippen molar-refractivity contribution in [2.45, 2.75) is 236 Å². The minimum Gasteiger partial charge on any atom is -0.744 e. The number of halogens is 4. The molecule has 1 aliphatic heterocycles. The van der Waals surface area contributed by atoms with Gasteiger partial charge in [-0.3, -0.25) is 19.2 Å². The van der Waals surface area contributed by atoms with E-state index >= 15 is 0 Å². The van der Waals surface area contributed by atoms with E-state index < -0.39 is 77.6 Å². The molecule has 6 unspecified atom stereocenters. The molecule has 100 heavy (non-hydrogen) atoms. The summed E-state index contributed by atoms with van der Waals surface area (Å²) < 4.78 is 112. The maximum Gasteiger partial charge on any atom is 0.327 e. The van der Waals surface area contributed by atoms with Crippen LogP contribution in [0.4, 0.5) is 17.6 Å². The Balaban J connectivity index is 0.000000199. The van der Waals surface area contributed by atoms with Crippen LogP contribution < -0.4 is 4.74 Å². The number of phenols is 1. The van der Waals surface area contributed by atoms with Crippen LogP contribution in [0, 0.1) is 74.0 Å². The molecule has 3 aliphatic carbocycles. The van der Waals surface area contributed by atoms with Crippen LogP contribution in [0.3, 0.4) is 0 Å². The Morgan fingerprint density at radius 3 is 1.52 bits per heavy atom. The van der Waals surface area contributed by atoms with Gasteiger partial charge in [0.15, 0.2) is 43.4 Å². The molecular weight excluding hydrogens is 1320 g/mol. The van der Waals surface area contributed by atoms with Crippen LogP contribution in [0.1, 0.15) is 210 Å². The molecule has 0 aromatic heterocycles. The standard InChI is InChI=1S/C19H20F4O3S.C18H15S.C17H32O2.C15H19NO4.C12H16O3/c1-5-10(2)11-6-8-12(9-7-11)19(3,4)13-14(20)16(22)18(27(24,25)26)17(23)15(13)21;1-4-10-16(11-5-1)19(17-12-6-2-7-13-17)18-14-8-3-9-15-18;1-6-16(4,5)15(18)19-17(7-2,8-3)14-12-10-9-11-13-14;1-4-14(2,3)12(17)19-10-8-5-9-11(10)20-13(18)15(9,6-8)7-16;1-4-12(2,3)11(14)15-10-7-5-9(13)6-8-10/h6-10H,5H2,1-4H3,(H,24,25,26);1-15H;14H,6-13H2,1-5H3;8-11H,4-6H2,1-3H3;5-8,13H,4H2,1-3H3/q;+1;;;/p-1. The fourth-order valence-electron chi connectivity index (χ4n) is 12.8. The molecule has 4 aliphatic rings. The van der Waals surface area contributed by atoms with Crippen molar-refractivity contribution in [1.29, 1.82) is 5.26 Å². The van der Waals surface area contributed by atoms with Crippen molar-refractivity contribution in [3.05, 3.63) is 179 Å². The Kier molecular flexibility index (Phi) is 28.0. The fourth-order valence-corrected chi connectivity index (χ4v) is 15.6. The highest BCUT2D eigenvalue weighted by atomic mass is 32.2. The van der Waals surface area contributed by atoms with Crippen LogP contribution in [-0.2, 0) is 59.8 Å². The van der Waals surface area contributed by atoms with E-state index in [1.165, 1.54) is 72.8 Å². The summed E-state index contributed by atoms with van der Waals surface area (Å²) >= 11 is 0. The molecule has 10 rings (SSSR count).